The van der Waals surface area contributed by atoms with Gasteiger partial charge < -0.3 is 14.6 Å². The van der Waals surface area contributed by atoms with Crippen molar-refractivity contribution < 1.29 is 18.4 Å². The van der Waals surface area contributed by atoms with Crippen molar-refractivity contribution in [3.8, 4) is 17.1 Å². The Morgan fingerprint density at radius 1 is 1.17 bits per heavy atom. The van der Waals surface area contributed by atoms with Crippen LogP contribution in [0.2, 0.25) is 5.02 Å². The summed E-state index contributed by atoms with van der Waals surface area (Å²) in [5.41, 5.74) is 0.811. The molecule has 1 heterocycles. The highest BCUT2D eigenvalue weighted by molar-refractivity contribution is 6.31. The van der Waals surface area contributed by atoms with Gasteiger partial charge >= 0.3 is 0 Å². The summed E-state index contributed by atoms with van der Waals surface area (Å²) >= 11 is 5.80. The number of ether oxygens (including phenoxy) is 1. The Kier molecular flexibility index (Phi) is 7.19. The summed E-state index contributed by atoms with van der Waals surface area (Å²) in [6, 6.07) is 11.3. The van der Waals surface area contributed by atoms with Crippen LogP contribution in [0.5, 0.6) is 5.75 Å². The van der Waals surface area contributed by atoms with Crippen LogP contribution in [0.4, 0.5) is 4.39 Å². The van der Waals surface area contributed by atoms with Crippen LogP contribution in [0.3, 0.4) is 0 Å². The molecule has 29 heavy (non-hydrogen) atoms. The molecule has 1 N–H and O–H groups in total. The number of unbranched alkanes of at least 4 members (excludes halogenated alkanes) is 2. The van der Waals surface area contributed by atoms with Crippen molar-refractivity contribution in [3.63, 3.8) is 0 Å². The van der Waals surface area contributed by atoms with Crippen LogP contribution < -0.4 is 10.1 Å². The third kappa shape index (κ3) is 5.77. The maximum Gasteiger partial charge on any atom is 0.254 e. The van der Waals surface area contributed by atoms with Gasteiger partial charge in [0.05, 0.1) is 12.7 Å². The Bertz CT molecular complexity index is 960. The second kappa shape index (κ2) is 10.0. The third-order valence-electron chi connectivity index (χ3n) is 4.34. The molecule has 0 aliphatic carbocycles. The van der Waals surface area contributed by atoms with Crippen molar-refractivity contribution in [1.82, 2.24) is 15.5 Å². The molecular formula is C21H21ClFN3O3. The van der Waals surface area contributed by atoms with E-state index in [2.05, 4.69) is 15.5 Å². The lowest BCUT2D eigenvalue weighted by Gasteiger charge is -2.06. The molecular weight excluding hydrogens is 397 g/mol. The molecule has 6 nitrogen and oxygen atoms in total. The number of amides is 1. The van der Waals surface area contributed by atoms with E-state index in [1.54, 1.807) is 7.11 Å². The topological polar surface area (TPSA) is 77.3 Å². The van der Waals surface area contributed by atoms with Crippen molar-refractivity contribution >= 4 is 17.5 Å². The summed E-state index contributed by atoms with van der Waals surface area (Å²) in [6.07, 6.45) is 3.11. The van der Waals surface area contributed by atoms with E-state index in [0.717, 1.165) is 30.6 Å². The molecule has 0 radical (unpaired) electrons. The van der Waals surface area contributed by atoms with E-state index < -0.39 is 11.7 Å². The quantitative estimate of drug-likeness (QED) is 0.511. The number of methoxy groups -OCH3 is 1. The molecule has 0 spiro atoms. The molecule has 0 saturated carbocycles. The molecule has 0 aliphatic heterocycles. The third-order valence-corrected chi connectivity index (χ3v) is 4.58. The largest absolute Gasteiger partial charge is 0.497 e. The molecule has 0 bridgehead atoms. The molecule has 2 aromatic carbocycles. The molecule has 0 fully saturated rings. The maximum absolute atomic E-state index is 13.7. The Hall–Kier alpha value is -2.93. The number of hydrogen-bond donors (Lipinski definition) is 1. The molecule has 8 heteroatoms. The van der Waals surface area contributed by atoms with Gasteiger partial charge in [-0.05, 0) is 55.3 Å². The first-order valence-electron chi connectivity index (χ1n) is 9.27. The van der Waals surface area contributed by atoms with Gasteiger partial charge in [0.1, 0.15) is 11.6 Å². The Balaban J connectivity index is 1.38. The van der Waals surface area contributed by atoms with Crippen molar-refractivity contribution in [2.24, 2.45) is 0 Å². The van der Waals surface area contributed by atoms with Gasteiger partial charge in [0.15, 0.2) is 0 Å². The average Bonchev–Trinajstić information content (AvgIpc) is 3.21. The van der Waals surface area contributed by atoms with Crippen molar-refractivity contribution in [1.29, 1.82) is 0 Å². The molecule has 152 valence electrons. The standard InChI is InChI=1S/C21H21ClFN3O3/c1-28-16-9-6-14(7-10-16)20-25-19(29-26-20)5-3-2-4-12-24-21(27)17-13-15(22)8-11-18(17)23/h6-11,13H,2-5,12H2,1H3,(H,24,27). The van der Waals surface area contributed by atoms with Crippen LogP contribution in [0.15, 0.2) is 47.0 Å². The normalized spacial score (nSPS) is 10.7. The lowest BCUT2D eigenvalue weighted by atomic mass is 10.1. The van der Waals surface area contributed by atoms with Gasteiger partial charge in [-0.25, -0.2) is 4.39 Å². The predicted molar refractivity (Wildman–Crippen MR) is 108 cm³/mol. The molecule has 0 saturated heterocycles. The maximum atomic E-state index is 13.7. The van der Waals surface area contributed by atoms with Gasteiger partial charge in [-0.2, -0.15) is 4.98 Å². The molecule has 1 amide bonds. The molecule has 0 atom stereocenters. The number of carbonyl (C=O) groups is 1. The Morgan fingerprint density at radius 2 is 1.97 bits per heavy atom. The number of benzene rings is 2. The number of aryl methyl sites for hydroxylation is 1. The zero-order chi connectivity index (χ0) is 20.6. The van der Waals surface area contributed by atoms with Crippen LogP contribution in [-0.4, -0.2) is 29.7 Å². The second-order valence-electron chi connectivity index (χ2n) is 6.43. The minimum atomic E-state index is -0.587. The van der Waals surface area contributed by atoms with Gasteiger partial charge in [0.25, 0.3) is 5.91 Å². The smallest absolute Gasteiger partial charge is 0.254 e. The fraction of sp³-hybridized carbons (Fsp3) is 0.286. The van der Waals surface area contributed by atoms with Crippen molar-refractivity contribution in [2.75, 3.05) is 13.7 Å². The van der Waals surface area contributed by atoms with Crippen LogP contribution >= 0.6 is 11.6 Å². The van der Waals surface area contributed by atoms with E-state index in [0.29, 0.717) is 29.7 Å². The summed E-state index contributed by atoms with van der Waals surface area (Å²) in [7, 11) is 1.61. The van der Waals surface area contributed by atoms with Crippen molar-refractivity contribution in [3.05, 3.63) is 64.8 Å². The minimum Gasteiger partial charge on any atom is -0.497 e. The first-order chi connectivity index (χ1) is 14.1. The number of aromatic nitrogens is 2. The van der Waals surface area contributed by atoms with Crippen LogP contribution in [0.25, 0.3) is 11.4 Å². The highest BCUT2D eigenvalue weighted by Gasteiger charge is 2.12. The van der Waals surface area contributed by atoms with E-state index in [-0.39, 0.29) is 5.56 Å². The fourth-order valence-corrected chi connectivity index (χ4v) is 2.93. The van der Waals surface area contributed by atoms with Crippen LogP contribution in [0, 0.1) is 5.82 Å². The van der Waals surface area contributed by atoms with Crippen LogP contribution in [-0.2, 0) is 6.42 Å². The van der Waals surface area contributed by atoms with Crippen LogP contribution in [0.1, 0.15) is 35.5 Å². The van der Waals surface area contributed by atoms with E-state index in [1.807, 2.05) is 24.3 Å². The lowest BCUT2D eigenvalue weighted by Crippen LogP contribution is -2.25. The lowest BCUT2D eigenvalue weighted by molar-refractivity contribution is 0.0949. The average molecular weight is 418 g/mol. The Morgan fingerprint density at radius 3 is 2.72 bits per heavy atom. The SMILES string of the molecule is COc1ccc(-c2noc(CCCCCNC(=O)c3cc(Cl)ccc3F)n2)cc1. The van der Waals surface area contributed by atoms with Gasteiger partial charge in [-0.15, -0.1) is 0 Å². The fourth-order valence-electron chi connectivity index (χ4n) is 2.76. The van der Waals surface area contributed by atoms with Gasteiger partial charge in [0, 0.05) is 23.6 Å². The summed E-state index contributed by atoms with van der Waals surface area (Å²) < 4.78 is 24.1. The predicted octanol–water partition coefficient (Wildman–Crippen LogP) is 4.68. The monoisotopic (exact) mass is 417 g/mol. The summed E-state index contributed by atoms with van der Waals surface area (Å²) in [5.74, 6) is 0.823. The van der Waals surface area contributed by atoms with E-state index in [9.17, 15) is 9.18 Å². The summed E-state index contributed by atoms with van der Waals surface area (Å²) in [6.45, 7) is 0.450. The van der Waals surface area contributed by atoms with E-state index in [1.165, 1.54) is 18.2 Å². The summed E-state index contributed by atoms with van der Waals surface area (Å²) in [4.78, 5) is 16.4. The molecule has 0 aliphatic rings. The van der Waals surface area contributed by atoms with Gasteiger partial charge in [0.2, 0.25) is 11.7 Å². The first-order valence-corrected chi connectivity index (χ1v) is 9.65. The zero-order valence-electron chi connectivity index (χ0n) is 16.0. The first kappa shape index (κ1) is 20.8. The number of halogens is 2. The molecule has 1 aromatic heterocycles. The number of rotatable bonds is 9. The number of nitrogens with zero attached hydrogens (tertiary/aromatic N) is 2. The number of hydrogen-bond acceptors (Lipinski definition) is 5. The highest BCUT2D eigenvalue weighted by atomic mass is 35.5. The number of carbonyl (C=O) groups excluding carboxylic acids is 1. The molecule has 3 aromatic rings. The second-order valence-corrected chi connectivity index (χ2v) is 6.87. The Labute approximate surface area is 173 Å². The molecule has 3 rings (SSSR count). The van der Waals surface area contributed by atoms with Gasteiger partial charge in [-0.1, -0.05) is 23.2 Å². The highest BCUT2D eigenvalue weighted by Crippen LogP contribution is 2.20. The van der Waals surface area contributed by atoms with Crippen molar-refractivity contribution in [2.45, 2.75) is 25.7 Å². The zero-order valence-corrected chi connectivity index (χ0v) is 16.7. The van der Waals surface area contributed by atoms with Gasteiger partial charge in [-0.3, -0.25) is 4.79 Å². The van der Waals surface area contributed by atoms with E-state index >= 15 is 0 Å². The minimum absolute atomic E-state index is 0.0468. The van der Waals surface area contributed by atoms with E-state index in [4.69, 9.17) is 20.9 Å². The number of nitrogens with one attached hydrogen (secondary N) is 1. The molecule has 0 unspecified atom stereocenters. The summed E-state index contributed by atoms with van der Waals surface area (Å²) in [5, 5.41) is 7.02.